The van der Waals surface area contributed by atoms with Crippen LogP contribution in [0.4, 0.5) is 13.2 Å². The second kappa shape index (κ2) is 6.90. The molecule has 7 nitrogen and oxygen atoms in total. The van der Waals surface area contributed by atoms with Gasteiger partial charge in [0.25, 0.3) is 0 Å². The summed E-state index contributed by atoms with van der Waals surface area (Å²) in [5.41, 5.74) is -0.521. The lowest BCUT2D eigenvalue weighted by Gasteiger charge is -2.16. The maximum Gasteiger partial charge on any atom is 0.573 e. The van der Waals surface area contributed by atoms with Crippen LogP contribution in [-0.2, 0) is 13.7 Å². The maximum atomic E-state index is 12.7. The monoisotopic (exact) mass is 366 g/mol. The van der Waals surface area contributed by atoms with Crippen LogP contribution < -0.4 is 15.2 Å². The zero-order chi connectivity index (χ0) is 18.7. The second-order valence-electron chi connectivity index (χ2n) is 5.20. The third-order valence-electron chi connectivity index (χ3n) is 3.41. The van der Waals surface area contributed by atoms with Gasteiger partial charge < -0.3 is 9.47 Å². The fraction of sp³-hybridized carbons (Fsp3) is 0.188. The van der Waals surface area contributed by atoms with Gasteiger partial charge in [0, 0.05) is 7.05 Å². The average Bonchev–Trinajstić information content (AvgIpc) is 2.92. The van der Waals surface area contributed by atoms with E-state index in [0.29, 0.717) is 5.75 Å². The van der Waals surface area contributed by atoms with E-state index in [1.54, 1.807) is 30.3 Å². The number of ether oxygens (including phenoxy) is 2. The van der Waals surface area contributed by atoms with Crippen LogP contribution in [0.1, 0.15) is 5.56 Å². The molecule has 0 radical (unpaired) electrons. The second-order valence-corrected chi connectivity index (χ2v) is 5.20. The molecule has 136 valence electrons. The summed E-state index contributed by atoms with van der Waals surface area (Å²) >= 11 is 0. The summed E-state index contributed by atoms with van der Waals surface area (Å²) in [5, 5.41) is 7.23. The van der Waals surface area contributed by atoms with Crippen molar-refractivity contribution in [2.75, 3.05) is 0 Å². The molecule has 0 amide bonds. The van der Waals surface area contributed by atoms with Gasteiger partial charge in [-0.25, -0.2) is 4.79 Å². The van der Waals surface area contributed by atoms with E-state index in [4.69, 9.17) is 4.74 Å². The number of rotatable bonds is 5. The first-order valence-electron chi connectivity index (χ1n) is 7.40. The smallest absolute Gasteiger partial charge is 0.489 e. The largest absolute Gasteiger partial charge is 0.573 e. The molecule has 26 heavy (non-hydrogen) atoms. The molecule has 0 atom stereocenters. The normalized spacial score (nSPS) is 11.4. The number of hydrogen-bond donors (Lipinski definition) is 0. The van der Waals surface area contributed by atoms with Crippen LogP contribution in [0.15, 0.2) is 53.3 Å². The summed E-state index contributed by atoms with van der Waals surface area (Å²) in [6.45, 7) is -0.269. The molecule has 0 N–H and O–H groups in total. The number of nitrogens with zero attached hydrogens (tertiary/aromatic N) is 4. The molecule has 0 saturated carbocycles. The minimum Gasteiger partial charge on any atom is -0.489 e. The van der Waals surface area contributed by atoms with Gasteiger partial charge in [0.15, 0.2) is 0 Å². The van der Waals surface area contributed by atoms with E-state index in [-0.39, 0.29) is 17.9 Å². The highest BCUT2D eigenvalue weighted by molar-refractivity contribution is 5.49. The van der Waals surface area contributed by atoms with Gasteiger partial charge in [-0.1, -0.05) is 24.3 Å². The number of aryl methyl sites for hydroxylation is 1. The van der Waals surface area contributed by atoms with E-state index in [9.17, 15) is 18.0 Å². The predicted octanol–water partition coefficient (Wildman–Crippen LogP) is 2.44. The minimum atomic E-state index is -4.90. The molecule has 0 spiro atoms. The van der Waals surface area contributed by atoms with Crippen molar-refractivity contribution < 1.29 is 22.6 Å². The van der Waals surface area contributed by atoms with Crippen molar-refractivity contribution in [3.05, 3.63) is 64.6 Å². The quantitative estimate of drug-likeness (QED) is 0.694. The molecule has 2 aromatic carbocycles. The van der Waals surface area contributed by atoms with Gasteiger partial charge >= 0.3 is 12.1 Å². The number of benzene rings is 2. The Hall–Kier alpha value is -3.30. The molecular formula is C16H13F3N4O3. The molecule has 0 bridgehead atoms. The SMILES string of the molecule is Cn1nnn(-c2cccc(OC(F)(F)F)c2COc2ccccc2)c1=O. The maximum absolute atomic E-state index is 12.7. The van der Waals surface area contributed by atoms with Crippen LogP contribution in [-0.4, -0.2) is 26.2 Å². The van der Waals surface area contributed by atoms with E-state index in [1.807, 2.05) is 0 Å². The first-order valence-corrected chi connectivity index (χ1v) is 7.40. The number of alkyl halides is 3. The van der Waals surface area contributed by atoms with E-state index < -0.39 is 17.8 Å². The minimum absolute atomic E-state index is 0.0104. The van der Waals surface area contributed by atoms with Gasteiger partial charge in [0.1, 0.15) is 18.1 Å². The molecule has 3 rings (SSSR count). The molecule has 1 aromatic heterocycles. The van der Waals surface area contributed by atoms with Gasteiger partial charge in [0.2, 0.25) is 0 Å². The lowest BCUT2D eigenvalue weighted by molar-refractivity contribution is -0.275. The molecule has 0 fully saturated rings. The lowest BCUT2D eigenvalue weighted by atomic mass is 10.1. The Kier molecular flexibility index (Phi) is 4.65. The molecule has 0 unspecified atom stereocenters. The Bertz CT molecular complexity index is 951. The molecule has 0 aliphatic carbocycles. The zero-order valence-electron chi connectivity index (χ0n) is 13.5. The van der Waals surface area contributed by atoms with Crippen molar-refractivity contribution in [3.8, 4) is 17.2 Å². The average molecular weight is 366 g/mol. The van der Waals surface area contributed by atoms with Crippen LogP contribution in [0.25, 0.3) is 5.69 Å². The molecule has 0 aliphatic rings. The summed E-state index contributed by atoms with van der Waals surface area (Å²) < 4.78 is 49.7. The molecule has 0 saturated heterocycles. The fourth-order valence-corrected chi connectivity index (χ4v) is 2.25. The highest BCUT2D eigenvalue weighted by atomic mass is 19.4. The standard InChI is InChI=1S/C16H13F3N4O3/c1-22-15(24)23(21-20-22)13-8-5-9-14(26-16(17,18)19)12(13)10-25-11-6-3-2-4-7-11/h2-9H,10H2,1H3. The summed E-state index contributed by atoms with van der Waals surface area (Å²) in [6.07, 6.45) is -4.90. The van der Waals surface area contributed by atoms with E-state index in [1.165, 1.54) is 19.2 Å². The van der Waals surface area contributed by atoms with Crippen molar-refractivity contribution in [1.82, 2.24) is 19.8 Å². The van der Waals surface area contributed by atoms with Crippen LogP contribution in [0.3, 0.4) is 0 Å². The number of hydrogen-bond acceptors (Lipinski definition) is 5. The fourth-order valence-electron chi connectivity index (χ4n) is 2.25. The van der Waals surface area contributed by atoms with Gasteiger partial charge in [-0.3, -0.25) is 0 Å². The van der Waals surface area contributed by atoms with E-state index >= 15 is 0 Å². The van der Waals surface area contributed by atoms with Gasteiger partial charge in [-0.2, -0.15) is 9.36 Å². The Morgan fingerprint density at radius 1 is 1.04 bits per heavy atom. The van der Waals surface area contributed by atoms with Crippen molar-refractivity contribution in [1.29, 1.82) is 0 Å². The topological polar surface area (TPSA) is 71.2 Å². The molecule has 3 aromatic rings. The number of aromatic nitrogens is 4. The Balaban J connectivity index is 2.04. The first kappa shape index (κ1) is 17.5. The van der Waals surface area contributed by atoms with Crippen molar-refractivity contribution in [2.24, 2.45) is 7.05 Å². The Morgan fingerprint density at radius 2 is 1.77 bits per heavy atom. The molecule has 0 aliphatic heterocycles. The van der Waals surface area contributed by atoms with Crippen molar-refractivity contribution >= 4 is 0 Å². The van der Waals surface area contributed by atoms with Crippen LogP contribution in [0.2, 0.25) is 0 Å². The van der Waals surface area contributed by atoms with Crippen molar-refractivity contribution in [2.45, 2.75) is 13.0 Å². The first-order chi connectivity index (χ1) is 12.3. The molecule has 1 heterocycles. The van der Waals surface area contributed by atoms with Crippen LogP contribution in [0.5, 0.6) is 11.5 Å². The summed E-state index contributed by atoms with van der Waals surface area (Å²) in [6, 6.07) is 12.4. The van der Waals surface area contributed by atoms with E-state index in [0.717, 1.165) is 15.4 Å². The van der Waals surface area contributed by atoms with Gasteiger partial charge in [-0.15, -0.1) is 13.2 Å². The summed E-state index contributed by atoms with van der Waals surface area (Å²) in [5.74, 6) is -0.0322. The highest BCUT2D eigenvalue weighted by Gasteiger charge is 2.33. The lowest BCUT2D eigenvalue weighted by Crippen LogP contribution is -2.24. The van der Waals surface area contributed by atoms with E-state index in [2.05, 4.69) is 15.2 Å². The summed E-state index contributed by atoms with van der Waals surface area (Å²) in [4.78, 5) is 12.1. The van der Waals surface area contributed by atoms with Crippen LogP contribution >= 0.6 is 0 Å². The van der Waals surface area contributed by atoms with Crippen LogP contribution in [0, 0.1) is 0 Å². The van der Waals surface area contributed by atoms with Crippen molar-refractivity contribution in [3.63, 3.8) is 0 Å². The predicted molar refractivity (Wildman–Crippen MR) is 84.1 cm³/mol. The molecular weight excluding hydrogens is 353 g/mol. The number of tetrazole rings is 1. The van der Waals surface area contributed by atoms with Gasteiger partial charge in [-0.05, 0) is 34.7 Å². The third kappa shape index (κ3) is 3.85. The molecule has 10 heteroatoms. The van der Waals surface area contributed by atoms with Gasteiger partial charge in [0.05, 0.1) is 11.3 Å². The Labute approximate surface area is 145 Å². The Morgan fingerprint density at radius 3 is 2.38 bits per heavy atom. The zero-order valence-corrected chi connectivity index (χ0v) is 13.5. The number of halogens is 3. The third-order valence-corrected chi connectivity index (χ3v) is 3.41. The summed E-state index contributed by atoms with van der Waals surface area (Å²) in [7, 11) is 1.38. The highest BCUT2D eigenvalue weighted by Crippen LogP contribution is 2.30. The number of para-hydroxylation sites is 1.